The molecule has 3 N–H and O–H groups in total. The van der Waals surface area contributed by atoms with Crippen molar-refractivity contribution in [3.8, 4) is 0 Å². The van der Waals surface area contributed by atoms with Gasteiger partial charge in [0.15, 0.2) is 5.82 Å². The number of hydrogen-bond acceptors (Lipinski definition) is 9. The Morgan fingerprint density at radius 2 is 1.88 bits per heavy atom. The van der Waals surface area contributed by atoms with Gasteiger partial charge < -0.3 is 15.5 Å². The predicted octanol–water partition coefficient (Wildman–Crippen LogP) is 2.04. The number of pyridine rings is 1. The number of nitrogens with zero attached hydrogens (tertiary/aromatic N) is 6. The van der Waals surface area contributed by atoms with Crippen molar-refractivity contribution < 1.29 is 12.8 Å². The van der Waals surface area contributed by atoms with E-state index in [9.17, 15) is 12.8 Å². The van der Waals surface area contributed by atoms with Gasteiger partial charge in [-0.05, 0) is 26.0 Å². The summed E-state index contributed by atoms with van der Waals surface area (Å²) in [6, 6.07) is 6.37. The standard InChI is InChI=1S/C20H26FN9O2S/c1-13-10-18(28-27-13)25-20-24-17(23-14(2)16-5-4-15(21)12-22-16)11-19(26-20)29-6-8-30(9-7-29)33(3,31)32/h4-5,10-12,14H,6-9H2,1-3H3,(H3,23,24,25,26,27,28)/t14-/m0/s1. The van der Waals surface area contributed by atoms with Crippen LogP contribution in [-0.4, -0.2) is 70.3 Å². The number of H-pyrrole nitrogens is 1. The molecule has 0 aliphatic carbocycles. The number of nitrogens with one attached hydrogen (secondary N) is 3. The van der Waals surface area contributed by atoms with Crippen LogP contribution in [0.15, 0.2) is 30.5 Å². The Morgan fingerprint density at radius 1 is 1.12 bits per heavy atom. The molecule has 4 heterocycles. The van der Waals surface area contributed by atoms with E-state index in [2.05, 4.69) is 35.8 Å². The summed E-state index contributed by atoms with van der Waals surface area (Å²) in [5.41, 5.74) is 1.55. The Kier molecular flexibility index (Phi) is 6.42. The van der Waals surface area contributed by atoms with Crippen molar-refractivity contribution in [2.75, 3.05) is 48.0 Å². The molecule has 33 heavy (non-hydrogen) atoms. The van der Waals surface area contributed by atoms with Crippen molar-refractivity contribution in [1.82, 2.24) is 29.5 Å². The lowest BCUT2D eigenvalue weighted by Gasteiger charge is -2.34. The number of sulfonamides is 1. The van der Waals surface area contributed by atoms with Crippen LogP contribution in [0.3, 0.4) is 0 Å². The number of rotatable bonds is 7. The summed E-state index contributed by atoms with van der Waals surface area (Å²) >= 11 is 0. The summed E-state index contributed by atoms with van der Waals surface area (Å²) in [4.78, 5) is 15.3. The first-order chi connectivity index (χ1) is 15.7. The molecule has 3 aromatic rings. The van der Waals surface area contributed by atoms with E-state index < -0.39 is 15.8 Å². The summed E-state index contributed by atoms with van der Waals surface area (Å²) in [6.07, 6.45) is 2.39. The molecule has 4 rings (SSSR count). The van der Waals surface area contributed by atoms with Crippen LogP contribution in [0.4, 0.5) is 27.8 Å². The van der Waals surface area contributed by atoms with Gasteiger partial charge in [0.05, 0.1) is 24.2 Å². The number of hydrogen-bond donors (Lipinski definition) is 3. The lowest BCUT2D eigenvalue weighted by atomic mass is 10.2. The summed E-state index contributed by atoms with van der Waals surface area (Å²) in [7, 11) is -3.23. The normalized spacial score (nSPS) is 15.9. The zero-order valence-electron chi connectivity index (χ0n) is 18.6. The van der Waals surface area contributed by atoms with Gasteiger partial charge in [-0.15, -0.1) is 0 Å². The molecule has 1 fully saturated rings. The molecule has 3 aromatic heterocycles. The monoisotopic (exact) mass is 475 g/mol. The Labute approximate surface area is 191 Å². The molecule has 1 aliphatic heterocycles. The van der Waals surface area contributed by atoms with Crippen LogP contribution in [0.25, 0.3) is 0 Å². The van der Waals surface area contributed by atoms with Crippen molar-refractivity contribution in [2.24, 2.45) is 0 Å². The maximum Gasteiger partial charge on any atom is 0.232 e. The summed E-state index contributed by atoms with van der Waals surface area (Å²) in [6.45, 7) is 5.54. The molecule has 0 radical (unpaired) electrons. The van der Waals surface area contributed by atoms with E-state index in [4.69, 9.17) is 0 Å². The van der Waals surface area contributed by atoms with Gasteiger partial charge in [-0.1, -0.05) is 0 Å². The number of anilines is 4. The summed E-state index contributed by atoms with van der Waals surface area (Å²) in [5.74, 6) is 1.70. The number of aryl methyl sites for hydroxylation is 1. The van der Waals surface area contributed by atoms with Crippen molar-refractivity contribution in [3.63, 3.8) is 0 Å². The highest BCUT2D eigenvalue weighted by molar-refractivity contribution is 7.88. The van der Waals surface area contributed by atoms with Gasteiger partial charge in [-0.25, -0.2) is 12.8 Å². The van der Waals surface area contributed by atoms with E-state index in [0.717, 1.165) is 5.69 Å². The van der Waals surface area contributed by atoms with Crippen LogP contribution < -0.4 is 15.5 Å². The van der Waals surface area contributed by atoms with Crippen LogP contribution in [0.2, 0.25) is 0 Å². The Bertz CT molecular complexity index is 1210. The minimum absolute atomic E-state index is 0.240. The van der Waals surface area contributed by atoms with Crippen molar-refractivity contribution in [1.29, 1.82) is 0 Å². The maximum atomic E-state index is 13.2. The fourth-order valence-corrected chi connectivity index (χ4v) is 4.34. The van der Waals surface area contributed by atoms with E-state index >= 15 is 0 Å². The highest BCUT2D eigenvalue weighted by Gasteiger charge is 2.25. The molecular weight excluding hydrogens is 449 g/mol. The third-order valence-electron chi connectivity index (χ3n) is 5.25. The van der Waals surface area contributed by atoms with Crippen molar-refractivity contribution in [2.45, 2.75) is 19.9 Å². The molecule has 1 atom stereocenters. The molecule has 0 spiro atoms. The highest BCUT2D eigenvalue weighted by atomic mass is 32.2. The smallest absolute Gasteiger partial charge is 0.232 e. The number of aromatic amines is 1. The van der Waals surface area contributed by atoms with E-state index in [1.165, 1.54) is 22.8 Å². The van der Waals surface area contributed by atoms with Gasteiger partial charge in [0.2, 0.25) is 16.0 Å². The Morgan fingerprint density at radius 3 is 2.48 bits per heavy atom. The van der Waals surface area contributed by atoms with Crippen molar-refractivity contribution >= 4 is 33.4 Å². The minimum Gasteiger partial charge on any atom is -0.362 e. The zero-order chi connectivity index (χ0) is 23.6. The lowest BCUT2D eigenvalue weighted by molar-refractivity contribution is 0.387. The molecule has 1 aliphatic rings. The second-order valence-corrected chi connectivity index (χ2v) is 9.90. The first kappa shape index (κ1) is 22.9. The fraction of sp³-hybridized carbons (Fsp3) is 0.400. The van der Waals surface area contributed by atoms with Crippen LogP contribution in [0.1, 0.15) is 24.4 Å². The molecular formula is C20H26FN9O2S. The second kappa shape index (κ2) is 9.27. The molecule has 0 unspecified atom stereocenters. The zero-order valence-corrected chi connectivity index (χ0v) is 19.4. The predicted molar refractivity (Wildman–Crippen MR) is 124 cm³/mol. The third kappa shape index (κ3) is 5.73. The lowest BCUT2D eigenvalue weighted by Crippen LogP contribution is -2.48. The molecule has 11 nitrogen and oxygen atoms in total. The molecule has 0 aromatic carbocycles. The summed E-state index contributed by atoms with van der Waals surface area (Å²) < 4.78 is 38.4. The molecule has 13 heteroatoms. The molecule has 0 saturated carbocycles. The average Bonchev–Trinajstić information content (AvgIpc) is 3.18. The van der Waals surface area contributed by atoms with Crippen LogP contribution in [-0.2, 0) is 10.0 Å². The Hall–Kier alpha value is -3.32. The SMILES string of the molecule is Cc1cc(Nc2nc(N[C@@H](C)c3ccc(F)cn3)cc(N3CCN(S(C)(=O)=O)CC3)n2)n[nH]1. The number of aromatic nitrogens is 5. The van der Waals surface area contributed by atoms with E-state index in [1.54, 1.807) is 12.1 Å². The van der Waals surface area contributed by atoms with Crippen LogP contribution in [0, 0.1) is 12.7 Å². The van der Waals surface area contributed by atoms with E-state index in [0.29, 0.717) is 55.3 Å². The van der Waals surface area contributed by atoms with Gasteiger partial charge in [0.1, 0.15) is 17.5 Å². The fourth-order valence-electron chi connectivity index (χ4n) is 3.51. The number of piperazine rings is 1. The van der Waals surface area contributed by atoms with Gasteiger partial charge in [0.25, 0.3) is 0 Å². The van der Waals surface area contributed by atoms with Crippen LogP contribution >= 0.6 is 0 Å². The molecule has 0 amide bonds. The van der Waals surface area contributed by atoms with Gasteiger partial charge in [0, 0.05) is 44.0 Å². The highest BCUT2D eigenvalue weighted by Crippen LogP contribution is 2.25. The van der Waals surface area contributed by atoms with Gasteiger partial charge in [-0.2, -0.15) is 19.4 Å². The second-order valence-electron chi connectivity index (χ2n) is 7.91. The minimum atomic E-state index is -3.23. The van der Waals surface area contributed by atoms with E-state index in [-0.39, 0.29) is 6.04 Å². The first-order valence-electron chi connectivity index (χ1n) is 10.4. The maximum absolute atomic E-state index is 13.2. The molecule has 176 valence electrons. The topological polar surface area (TPSA) is 132 Å². The summed E-state index contributed by atoms with van der Waals surface area (Å²) in [5, 5.41) is 13.4. The largest absolute Gasteiger partial charge is 0.362 e. The quantitative estimate of drug-likeness (QED) is 0.470. The first-order valence-corrected chi connectivity index (χ1v) is 12.3. The number of halogens is 1. The van der Waals surface area contributed by atoms with Gasteiger partial charge >= 0.3 is 0 Å². The van der Waals surface area contributed by atoms with Crippen molar-refractivity contribution in [3.05, 3.63) is 47.7 Å². The molecule has 0 bridgehead atoms. The average molecular weight is 476 g/mol. The van der Waals surface area contributed by atoms with E-state index in [1.807, 2.05) is 24.8 Å². The van der Waals surface area contributed by atoms with Crippen LogP contribution in [0.5, 0.6) is 0 Å². The molecule has 1 saturated heterocycles. The third-order valence-corrected chi connectivity index (χ3v) is 6.55. The Balaban J connectivity index is 1.58. The van der Waals surface area contributed by atoms with Gasteiger partial charge in [-0.3, -0.25) is 10.1 Å².